The predicted octanol–water partition coefficient (Wildman–Crippen LogP) is 4.27. The molecule has 0 saturated carbocycles. The Labute approximate surface area is 109 Å². The summed E-state index contributed by atoms with van der Waals surface area (Å²) < 4.78 is 26.2. The molecule has 0 aliphatic carbocycles. The largest absolute Gasteiger partial charge is 0.382 e. The standard InChI is InChI=1S/C14H12ClF2N/c15-11-3-1-10(2-4-11)7-8-18-14-9-12(16)5-6-13(14)17/h1-6,9,18H,7-8H2. The van der Waals surface area contributed by atoms with Crippen LogP contribution in [-0.2, 0) is 6.42 Å². The van der Waals surface area contributed by atoms with Crippen LogP contribution in [-0.4, -0.2) is 6.54 Å². The van der Waals surface area contributed by atoms with Crippen LogP contribution in [0, 0.1) is 11.6 Å². The molecule has 18 heavy (non-hydrogen) atoms. The van der Waals surface area contributed by atoms with Crippen LogP contribution in [0.25, 0.3) is 0 Å². The van der Waals surface area contributed by atoms with Crippen molar-refractivity contribution in [3.63, 3.8) is 0 Å². The van der Waals surface area contributed by atoms with E-state index in [1.165, 1.54) is 0 Å². The van der Waals surface area contributed by atoms with Crippen molar-refractivity contribution in [3.05, 3.63) is 64.7 Å². The number of hydrogen-bond acceptors (Lipinski definition) is 1. The Kier molecular flexibility index (Phi) is 4.15. The van der Waals surface area contributed by atoms with E-state index in [9.17, 15) is 8.78 Å². The molecule has 0 heterocycles. The van der Waals surface area contributed by atoms with Crippen LogP contribution in [0.1, 0.15) is 5.56 Å². The lowest BCUT2D eigenvalue weighted by Gasteiger charge is -2.07. The molecule has 4 heteroatoms. The maximum absolute atomic E-state index is 13.3. The minimum absolute atomic E-state index is 0.184. The molecule has 0 amide bonds. The van der Waals surface area contributed by atoms with Gasteiger partial charge >= 0.3 is 0 Å². The first-order valence-corrected chi connectivity index (χ1v) is 5.96. The molecule has 0 unspecified atom stereocenters. The van der Waals surface area contributed by atoms with Crippen molar-refractivity contribution in [1.82, 2.24) is 0 Å². The second-order valence-electron chi connectivity index (χ2n) is 3.93. The van der Waals surface area contributed by atoms with Crippen molar-refractivity contribution in [2.75, 3.05) is 11.9 Å². The molecule has 2 rings (SSSR count). The Morgan fingerprint density at radius 1 is 1.00 bits per heavy atom. The molecule has 0 spiro atoms. The van der Waals surface area contributed by atoms with Crippen molar-refractivity contribution in [1.29, 1.82) is 0 Å². The Morgan fingerprint density at radius 3 is 2.44 bits per heavy atom. The van der Waals surface area contributed by atoms with E-state index in [0.29, 0.717) is 18.0 Å². The number of rotatable bonds is 4. The van der Waals surface area contributed by atoms with Gasteiger partial charge in [0.2, 0.25) is 0 Å². The van der Waals surface area contributed by atoms with Crippen molar-refractivity contribution in [2.45, 2.75) is 6.42 Å². The van der Waals surface area contributed by atoms with Gasteiger partial charge in [-0.05, 0) is 42.3 Å². The number of nitrogens with one attached hydrogen (secondary N) is 1. The van der Waals surface area contributed by atoms with Gasteiger partial charge in [-0.25, -0.2) is 8.78 Å². The number of hydrogen-bond donors (Lipinski definition) is 1. The fourth-order valence-electron chi connectivity index (χ4n) is 1.63. The highest BCUT2D eigenvalue weighted by Gasteiger charge is 2.02. The molecule has 0 aromatic heterocycles. The van der Waals surface area contributed by atoms with Gasteiger partial charge in [0.15, 0.2) is 0 Å². The SMILES string of the molecule is Fc1ccc(F)c(NCCc2ccc(Cl)cc2)c1. The fraction of sp³-hybridized carbons (Fsp3) is 0.143. The van der Waals surface area contributed by atoms with Crippen LogP contribution in [0.2, 0.25) is 5.02 Å². The zero-order chi connectivity index (χ0) is 13.0. The zero-order valence-corrected chi connectivity index (χ0v) is 10.3. The van der Waals surface area contributed by atoms with E-state index in [-0.39, 0.29) is 5.69 Å². The van der Waals surface area contributed by atoms with Crippen molar-refractivity contribution < 1.29 is 8.78 Å². The van der Waals surface area contributed by atoms with Crippen molar-refractivity contribution >= 4 is 17.3 Å². The smallest absolute Gasteiger partial charge is 0.146 e. The predicted molar refractivity (Wildman–Crippen MR) is 70.0 cm³/mol. The summed E-state index contributed by atoms with van der Waals surface area (Å²) in [5, 5.41) is 3.55. The molecule has 0 bridgehead atoms. The second kappa shape index (κ2) is 5.83. The quantitative estimate of drug-likeness (QED) is 0.872. The van der Waals surface area contributed by atoms with Crippen LogP contribution >= 0.6 is 11.6 Å². The Bertz CT molecular complexity index is 526. The summed E-state index contributed by atoms with van der Waals surface area (Å²) in [6, 6.07) is 10.8. The molecule has 0 radical (unpaired) electrons. The number of halogens is 3. The Morgan fingerprint density at radius 2 is 1.72 bits per heavy atom. The van der Waals surface area contributed by atoms with Gasteiger partial charge < -0.3 is 5.32 Å². The summed E-state index contributed by atoms with van der Waals surface area (Å²) in [6.45, 7) is 0.530. The van der Waals surface area contributed by atoms with Crippen LogP contribution in [0.15, 0.2) is 42.5 Å². The average Bonchev–Trinajstić information content (AvgIpc) is 2.36. The van der Waals surface area contributed by atoms with Gasteiger partial charge in [0.05, 0.1) is 5.69 Å². The van der Waals surface area contributed by atoms with Gasteiger partial charge in [0.1, 0.15) is 11.6 Å². The molecular weight excluding hydrogens is 256 g/mol. The summed E-state index contributed by atoms with van der Waals surface area (Å²) in [5.41, 5.74) is 1.27. The summed E-state index contributed by atoms with van der Waals surface area (Å²) in [7, 11) is 0. The third-order valence-corrected chi connectivity index (χ3v) is 2.82. The van der Waals surface area contributed by atoms with Gasteiger partial charge in [-0.2, -0.15) is 0 Å². The van der Waals surface area contributed by atoms with Crippen molar-refractivity contribution in [2.24, 2.45) is 0 Å². The minimum Gasteiger partial charge on any atom is -0.382 e. The van der Waals surface area contributed by atoms with Crippen LogP contribution in [0.5, 0.6) is 0 Å². The first-order valence-electron chi connectivity index (χ1n) is 5.58. The molecule has 0 atom stereocenters. The Balaban J connectivity index is 1.92. The molecule has 0 fully saturated rings. The first-order chi connectivity index (χ1) is 8.65. The van der Waals surface area contributed by atoms with Gasteiger partial charge in [0, 0.05) is 11.6 Å². The molecule has 2 aromatic rings. The van der Waals surface area contributed by atoms with E-state index in [4.69, 9.17) is 11.6 Å². The molecular formula is C14H12ClF2N. The van der Waals surface area contributed by atoms with E-state index >= 15 is 0 Å². The molecule has 94 valence electrons. The maximum atomic E-state index is 13.3. The second-order valence-corrected chi connectivity index (χ2v) is 4.36. The highest BCUT2D eigenvalue weighted by Crippen LogP contribution is 2.15. The molecule has 0 aliphatic rings. The fourth-order valence-corrected chi connectivity index (χ4v) is 1.75. The van der Waals surface area contributed by atoms with Gasteiger partial charge in [0.25, 0.3) is 0 Å². The molecule has 1 N–H and O–H groups in total. The summed E-state index contributed by atoms with van der Waals surface area (Å²) >= 11 is 5.77. The normalized spacial score (nSPS) is 10.4. The number of benzene rings is 2. The third kappa shape index (κ3) is 3.44. The summed E-state index contributed by atoms with van der Waals surface area (Å²) in [4.78, 5) is 0. The van der Waals surface area contributed by atoms with Crippen molar-refractivity contribution in [3.8, 4) is 0 Å². The average molecular weight is 268 g/mol. The third-order valence-electron chi connectivity index (χ3n) is 2.57. The number of anilines is 1. The Hall–Kier alpha value is -1.61. The van der Waals surface area contributed by atoms with Gasteiger partial charge in [-0.3, -0.25) is 0 Å². The lowest BCUT2D eigenvalue weighted by atomic mass is 10.1. The summed E-state index contributed by atoms with van der Waals surface area (Å²) in [5.74, 6) is -0.905. The minimum atomic E-state index is -0.453. The molecule has 2 aromatic carbocycles. The van der Waals surface area contributed by atoms with Crippen LogP contribution in [0.3, 0.4) is 0 Å². The van der Waals surface area contributed by atoms with E-state index in [0.717, 1.165) is 23.8 Å². The van der Waals surface area contributed by atoms with E-state index < -0.39 is 11.6 Å². The van der Waals surface area contributed by atoms with Crippen LogP contribution in [0.4, 0.5) is 14.5 Å². The molecule has 0 saturated heterocycles. The van der Waals surface area contributed by atoms with E-state index in [2.05, 4.69) is 5.32 Å². The highest BCUT2D eigenvalue weighted by atomic mass is 35.5. The van der Waals surface area contributed by atoms with E-state index in [1.807, 2.05) is 12.1 Å². The topological polar surface area (TPSA) is 12.0 Å². The highest BCUT2D eigenvalue weighted by molar-refractivity contribution is 6.30. The monoisotopic (exact) mass is 267 g/mol. The van der Waals surface area contributed by atoms with Crippen LogP contribution < -0.4 is 5.32 Å². The zero-order valence-electron chi connectivity index (χ0n) is 9.59. The van der Waals surface area contributed by atoms with Gasteiger partial charge in [-0.1, -0.05) is 23.7 Å². The molecule has 1 nitrogen and oxygen atoms in total. The molecule has 0 aliphatic heterocycles. The lowest BCUT2D eigenvalue weighted by molar-refractivity contribution is 0.602. The maximum Gasteiger partial charge on any atom is 0.146 e. The van der Waals surface area contributed by atoms with E-state index in [1.54, 1.807) is 12.1 Å². The summed E-state index contributed by atoms with van der Waals surface area (Å²) in [6.07, 6.45) is 0.715. The lowest BCUT2D eigenvalue weighted by Crippen LogP contribution is -2.06. The van der Waals surface area contributed by atoms with Gasteiger partial charge in [-0.15, -0.1) is 0 Å². The first kappa shape index (κ1) is 12.8.